The lowest BCUT2D eigenvalue weighted by Crippen LogP contribution is -2.27. The molecule has 0 aliphatic rings. The van der Waals surface area contributed by atoms with Gasteiger partial charge in [0.25, 0.3) is 0 Å². The molecule has 0 aliphatic heterocycles. The SMILES string of the molecule is O=C(Nc1ncccn1)Nn1ccc2ccccc21. The molecule has 19 heavy (non-hydrogen) atoms. The van der Waals surface area contributed by atoms with Crippen molar-refractivity contribution in [1.29, 1.82) is 0 Å². The van der Waals surface area contributed by atoms with Gasteiger partial charge in [-0.1, -0.05) is 18.2 Å². The predicted octanol–water partition coefficient (Wildman–Crippen LogP) is 2.21. The number of urea groups is 1. The van der Waals surface area contributed by atoms with E-state index in [-0.39, 0.29) is 5.95 Å². The summed E-state index contributed by atoms with van der Waals surface area (Å²) in [6.07, 6.45) is 4.91. The lowest BCUT2D eigenvalue weighted by Gasteiger charge is -2.08. The molecule has 2 heterocycles. The molecule has 0 fully saturated rings. The van der Waals surface area contributed by atoms with Crippen molar-refractivity contribution in [3.05, 3.63) is 55.0 Å². The Morgan fingerprint density at radius 1 is 1.05 bits per heavy atom. The summed E-state index contributed by atoms with van der Waals surface area (Å²) in [6, 6.07) is 11.0. The van der Waals surface area contributed by atoms with E-state index in [2.05, 4.69) is 20.7 Å². The Bertz CT molecular complexity index is 707. The molecule has 2 aromatic heterocycles. The molecule has 2 N–H and O–H groups in total. The summed E-state index contributed by atoms with van der Waals surface area (Å²) in [4.78, 5) is 19.6. The highest BCUT2D eigenvalue weighted by molar-refractivity contribution is 5.95. The van der Waals surface area contributed by atoms with Gasteiger partial charge in [0.15, 0.2) is 0 Å². The van der Waals surface area contributed by atoms with Crippen molar-refractivity contribution < 1.29 is 4.79 Å². The number of anilines is 1. The maximum absolute atomic E-state index is 11.8. The van der Waals surface area contributed by atoms with E-state index in [0.29, 0.717) is 0 Å². The molecule has 3 rings (SSSR count). The molecule has 6 nitrogen and oxygen atoms in total. The third kappa shape index (κ3) is 2.37. The first-order chi connectivity index (χ1) is 9.33. The summed E-state index contributed by atoms with van der Waals surface area (Å²) in [5.41, 5.74) is 3.62. The largest absolute Gasteiger partial charge is 0.340 e. The van der Waals surface area contributed by atoms with Crippen molar-refractivity contribution in [2.24, 2.45) is 0 Å². The normalized spacial score (nSPS) is 10.3. The molecule has 0 saturated carbocycles. The van der Waals surface area contributed by atoms with E-state index in [1.807, 2.05) is 30.3 Å². The van der Waals surface area contributed by atoms with Crippen molar-refractivity contribution in [1.82, 2.24) is 14.6 Å². The van der Waals surface area contributed by atoms with Crippen LogP contribution < -0.4 is 10.7 Å². The highest BCUT2D eigenvalue weighted by atomic mass is 16.2. The monoisotopic (exact) mass is 253 g/mol. The second-order valence-corrected chi connectivity index (χ2v) is 3.88. The van der Waals surface area contributed by atoms with Crippen molar-refractivity contribution in [2.45, 2.75) is 0 Å². The molecule has 0 radical (unpaired) electrons. The number of hydrogen-bond acceptors (Lipinski definition) is 3. The maximum atomic E-state index is 11.8. The summed E-state index contributed by atoms with van der Waals surface area (Å²) in [5, 5.41) is 3.61. The highest BCUT2D eigenvalue weighted by Gasteiger charge is 2.05. The molecule has 94 valence electrons. The van der Waals surface area contributed by atoms with Crippen molar-refractivity contribution in [2.75, 3.05) is 10.7 Å². The van der Waals surface area contributed by atoms with Gasteiger partial charge in [-0.05, 0) is 18.2 Å². The number of aromatic nitrogens is 3. The maximum Gasteiger partial charge on any atom is 0.340 e. The van der Waals surface area contributed by atoms with E-state index >= 15 is 0 Å². The van der Waals surface area contributed by atoms with Gasteiger partial charge in [0.2, 0.25) is 5.95 Å². The summed E-state index contributed by atoms with van der Waals surface area (Å²) in [7, 11) is 0. The van der Waals surface area contributed by atoms with E-state index < -0.39 is 6.03 Å². The third-order valence-electron chi connectivity index (χ3n) is 2.61. The van der Waals surface area contributed by atoms with E-state index in [4.69, 9.17) is 0 Å². The number of fused-ring (bicyclic) bond motifs is 1. The molecule has 1 aromatic carbocycles. The molecule has 0 atom stereocenters. The fourth-order valence-electron chi connectivity index (χ4n) is 1.78. The predicted molar refractivity (Wildman–Crippen MR) is 72.3 cm³/mol. The van der Waals surface area contributed by atoms with Gasteiger partial charge in [-0.3, -0.25) is 9.99 Å². The van der Waals surface area contributed by atoms with Gasteiger partial charge < -0.3 is 0 Å². The van der Waals surface area contributed by atoms with E-state index in [1.54, 1.807) is 29.3 Å². The molecule has 3 aromatic rings. The Kier molecular flexibility index (Phi) is 2.82. The summed E-state index contributed by atoms with van der Waals surface area (Å²) in [6.45, 7) is 0. The molecule has 0 unspecified atom stereocenters. The first-order valence-electron chi connectivity index (χ1n) is 5.74. The molecule has 6 heteroatoms. The van der Waals surface area contributed by atoms with Gasteiger partial charge in [-0.15, -0.1) is 0 Å². The van der Waals surface area contributed by atoms with Crippen LogP contribution in [0.5, 0.6) is 0 Å². The Balaban J connectivity index is 1.76. The topological polar surface area (TPSA) is 71.8 Å². The van der Waals surface area contributed by atoms with Crippen LogP contribution in [0.15, 0.2) is 55.0 Å². The molecule has 0 saturated heterocycles. The lowest BCUT2D eigenvalue weighted by atomic mass is 10.3. The summed E-state index contributed by atoms with van der Waals surface area (Å²) in [5.74, 6) is 0.261. The van der Waals surface area contributed by atoms with Gasteiger partial charge in [0, 0.05) is 24.0 Å². The van der Waals surface area contributed by atoms with Gasteiger partial charge >= 0.3 is 6.03 Å². The number of para-hydroxylation sites is 1. The molecule has 0 bridgehead atoms. The minimum Gasteiger partial charge on any atom is -0.275 e. The van der Waals surface area contributed by atoms with Crippen LogP contribution in [0.1, 0.15) is 0 Å². The number of benzene rings is 1. The van der Waals surface area contributed by atoms with Crippen LogP contribution in [0.4, 0.5) is 10.7 Å². The van der Waals surface area contributed by atoms with Crippen LogP contribution in [-0.2, 0) is 0 Å². The summed E-state index contributed by atoms with van der Waals surface area (Å²) < 4.78 is 1.65. The average Bonchev–Trinajstić information content (AvgIpc) is 2.83. The molecule has 0 aliphatic carbocycles. The van der Waals surface area contributed by atoms with Crippen LogP contribution in [0.2, 0.25) is 0 Å². The minimum absolute atomic E-state index is 0.261. The first-order valence-corrected chi connectivity index (χ1v) is 5.74. The number of hydrogen-bond donors (Lipinski definition) is 2. The zero-order valence-electron chi connectivity index (χ0n) is 9.95. The smallest absolute Gasteiger partial charge is 0.275 e. The Morgan fingerprint density at radius 3 is 2.68 bits per heavy atom. The number of rotatable bonds is 2. The fourth-order valence-corrected chi connectivity index (χ4v) is 1.78. The van der Waals surface area contributed by atoms with Crippen LogP contribution >= 0.6 is 0 Å². The highest BCUT2D eigenvalue weighted by Crippen LogP contribution is 2.13. The Morgan fingerprint density at radius 2 is 1.84 bits per heavy atom. The number of carbonyl (C=O) groups is 1. The second-order valence-electron chi connectivity index (χ2n) is 3.88. The van der Waals surface area contributed by atoms with Crippen LogP contribution in [0.3, 0.4) is 0 Å². The van der Waals surface area contributed by atoms with Crippen LogP contribution in [-0.4, -0.2) is 20.7 Å². The van der Waals surface area contributed by atoms with Crippen LogP contribution in [0.25, 0.3) is 10.9 Å². The second kappa shape index (κ2) is 4.77. The molecule has 2 amide bonds. The quantitative estimate of drug-likeness (QED) is 0.735. The summed E-state index contributed by atoms with van der Waals surface area (Å²) >= 11 is 0. The van der Waals surface area contributed by atoms with Gasteiger partial charge in [0.1, 0.15) is 0 Å². The number of carbonyl (C=O) groups excluding carboxylic acids is 1. The molecular formula is C13H11N5O. The standard InChI is InChI=1S/C13H11N5O/c19-13(16-12-14-7-3-8-15-12)17-18-9-6-10-4-1-2-5-11(10)18/h1-9H,(H2,14,15,16,17,19). The first kappa shape index (κ1) is 11.2. The minimum atomic E-state index is -0.396. The molecular weight excluding hydrogens is 242 g/mol. The zero-order chi connectivity index (χ0) is 13.1. The van der Waals surface area contributed by atoms with E-state index in [1.165, 1.54) is 0 Å². The van der Waals surface area contributed by atoms with Crippen molar-refractivity contribution >= 4 is 22.9 Å². The number of nitrogens with zero attached hydrogens (tertiary/aromatic N) is 3. The fraction of sp³-hybridized carbons (Fsp3) is 0. The number of amides is 2. The average molecular weight is 253 g/mol. The van der Waals surface area contributed by atoms with Gasteiger partial charge in [-0.25, -0.2) is 20.2 Å². The molecule has 0 spiro atoms. The number of nitrogens with one attached hydrogen (secondary N) is 2. The zero-order valence-corrected chi connectivity index (χ0v) is 9.95. The Labute approximate surface area is 109 Å². The lowest BCUT2D eigenvalue weighted by molar-refractivity contribution is 0.260. The third-order valence-corrected chi connectivity index (χ3v) is 2.61. The van der Waals surface area contributed by atoms with E-state index in [9.17, 15) is 4.79 Å². The van der Waals surface area contributed by atoms with Crippen LogP contribution in [0, 0.1) is 0 Å². The van der Waals surface area contributed by atoms with Gasteiger partial charge in [-0.2, -0.15) is 0 Å². The van der Waals surface area contributed by atoms with Crippen molar-refractivity contribution in [3.63, 3.8) is 0 Å². The van der Waals surface area contributed by atoms with Crippen molar-refractivity contribution in [3.8, 4) is 0 Å². The Hall–Kier alpha value is -2.89. The van der Waals surface area contributed by atoms with Gasteiger partial charge in [0.05, 0.1) is 5.52 Å². The van der Waals surface area contributed by atoms with E-state index in [0.717, 1.165) is 10.9 Å².